The van der Waals surface area contributed by atoms with Crippen molar-refractivity contribution >= 4 is 8.60 Å². The van der Waals surface area contributed by atoms with Crippen LogP contribution in [0.5, 0.6) is 5.75 Å². The molecule has 1 aromatic carbocycles. The van der Waals surface area contributed by atoms with E-state index in [2.05, 4.69) is 45.0 Å². The molecule has 0 bridgehead atoms. The zero-order valence-corrected chi connectivity index (χ0v) is 31.5. The molecule has 0 aliphatic carbocycles. The van der Waals surface area contributed by atoms with Crippen LogP contribution < -0.4 is 4.52 Å². The Hall–Kier alpha value is -0.630. The van der Waals surface area contributed by atoms with Crippen molar-refractivity contribution in [2.45, 2.75) is 213 Å². The molecule has 0 heterocycles. The average molecular weight is 649 g/mol. The highest BCUT2D eigenvalue weighted by Crippen LogP contribution is 2.42. The Morgan fingerprint density at radius 3 is 1.13 bits per heavy atom. The summed E-state index contributed by atoms with van der Waals surface area (Å²) in [5, 5.41) is 0. The normalized spacial score (nSPS) is 11.6. The van der Waals surface area contributed by atoms with Crippen LogP contribution in [0.4, 0.5) is 0 Å². The largest absolute Gasteiger partial charge is 0.426 e. The SMILES string of the molecule is CCCCCCCCCCCCCOP(OCCCCCCCCCCCCC)Oc1ccccc1CCCCCCCCC. The molecule has 0 aliphatic rings. The van der Waals surface area contributed by atoms with Gasteiger partial charge in [0.05, 0.1) is 13.2 Å². The van der Waals surface area contributed by atoms with Gasteiger partial charge in [0.1, 0.15) is 5.75 Å². The summed E-state index contributed by atoms with van der Waals surface area (Å²) in [6, 6.07) is 8.57. The number of rotatable bonds is 36. The van der Waals surface area contributed by atoms with E-state index in [9.17, 15) is 0 Å². The highest BCUT2D eigenvalue weighted by atomic mass is 31.2. The molecule has 1 rings (SSSR count). The molecule has 0 N–H and O–H groups in total. The smallest absolute Gasteiger partial charge is 0.397 e. The molecule has 264 valence electrons. The van der Waals surface area contributed by atoms with Crippen molar-refractivity contribution in [1.82, 2.24) is 0 Å². The van der Waals surface area contributed by atoms with Crippen molar-refractivity contribution in [2.75, 3.05) is 13.2 Å². The van der Waals surface area contributed by atoms with Crippen molar-refractivity contribution in [2.24, 2.45) is 0 Å². The van der Waals surface area contributed by atoms with Crippen LogP contribution in [0.2, 0.25) is 0 Å². The van der Waals surface area contributed by atoms with Crippen molar-refractivity contribution in [3.8, 4) is 5.75 Å². The molecule has 0 atom stereocenters. The van der Waals surface area contributed by atoms with Gasteiger partial charge in [-0.3, -0.25) is 0 Å². The first-order valence-corrected chi connectivity index (χ1v) is 21.2. The second-order valence-corrected chi connectivity index (χ2v) is 14.7. The molecular weight excluding hydrogens is 571 g/mol. The number of para-hydroxylation sites is 1. The van der Waals surface area contributed by atoms with E-state index in [1.807, 2.05) is 0 Å². The molecule has 3 nitrogen and oxygen atoms in total. The number of benzene rings is 1. The van der Waals surface area contributed by atoms with Crippen molar-refractivity contribution in [1.29, 1.82) is 0 Å². The van der Waals surface area contributed by atoms with Crippen LogP contribution in [0.25, 0.3) is 0 Å². The van der Waals surface area contributed by atoms with Gasteiger partial charge in [-0.1, -0.05) is 206 Å². The Morgan fingerprint density at radius 1 is 0.400 bits per heavy atom. The van der Waals surface area contributed by atoms with Gasteiger partial charge >= 0.3 is 8.60 Å². The van der Waals surface area contributed by atoms with Gasteiger partial charge in [-0.2, -0.15) is 0 Å². The summed E-state index contributed by atoms with van der Waals surface area (Å²) in [5.74, 6) is 0.965. The Balaban J connectivity index is 2.37. The van der Waals surface area contributed by atoms with E-state index in [4.69, 9.17) is 13.6 Å². The average Bonchev–Trinajstić information content (AvgIpc) is 3.05. The molecule has 0 fully saturated rings. The minimum absolute atomic E-state index is 0.737. The molecule has 0 unspecified atom stereocenters. The molecule has 0 aliphatic heterocycles. The third kappa shape index (κ3) is 28.1. The number of aryl methyl sites for hydroxylation is 1. The summed E-state index contributed by atoms with van der Waals surface area (Å²) in [6.07, 6.45) is 40.0. The maximum Gasteiger partial charge on any atom is 0.397 e. The Bertz CT molecular complexity index is 684. The summed E-state index contributed by atoms with van der Waals surface area (Å²) in [4.78, 5) is 0. The van der Waals surface area contributed by atoms with Crippen LogP contribution in [0.3, 0.4) is 0 Å². The first kappa shape index (κ1) is 42.4. The van der Waals surface area contributed by atoms with E-state index < -0.39 is 8.60 Å². The molecule has 0 saturated carbocycles. The van der Waals surface area contributed by atoms with Crippen molar-refractivity contribution < 1.29 is 13.6 Å². The second-order valence-electron chi connectivity index (χ2n) is 13.5. The first-order valence-electron chi connectivity index (χ1n) is 20.1. The van der Waals surface area contributed by atoms with E-state index in [0.29, 0.717) is 0 Å². The minimum atomic E-state index is -1.36. The van der Waals surface area contributed by atoms with Gasteiger partial charge in [0.2, 0.25) is 0 Å². The van der Waals surface area contributed by atoms with E-state index >= 15 is 0 Å². The van der Waals surface area contributed by atoms with Gasteiger partial charge in [0, 0.05) is 0 Å². The van der Waals surface area contributed by atoms with Crippen LogP contribution in [-0.4, -0.2) is 13.2 Å². The van der Waals surface area contributed by atoms with Crippen LogP contribution in [0, 0.1) is 0 Å². The van der Waals surface area contributed by atoms with Crippen LogP contribution in [-0.2, 0) is 15.5 Å². The molecule has 1 aromatic rings. The zero-order chi connectivity index (χ0) is 32.3. The van der Waals surface area contributed by atoms with Crippen molar-refractivity contribution in [3.05, 3.63) is 29.8 Å². The summed E-state index contributed by atoms with van der Waals surface area (Å²) in [5.41, 5.74) is 1.30. The third-order valence-electron chi connectivity index (χ3n) is 9.08. The predicted octanol–water partition coefficient (Wildman–Crippen LogP) is 15.2. The molecular formula is C41H77O3P. The maximum atomic E-state index is 6.48. The summed E-state index contributed by atoms with van der Waals surface area (Å²) < 4.78 is 19.0. The summed E-state index contributed by atoms with van der Waals surface area (Å²) >= 11 is 0. The first-order chi connectivity index (χ1) is 22.3. The molecule has 45 heavy (non-hydrogen) atoms. The van der Waals surface area contributed by atoms with Gasteiger partial charge < -0.3 is 13.6 Å². The van der Waals surface area contributed by atoms with Gasteiger partial charge in [-0.15, -0.1) is 0 Å². The Labute approximate surface area is 283 Å². The summed E-state index contributed by atoms with van der Waals surface area (Å²) in [6.45, 7) is 8.35. The molecule has 0 spiro atoms. The van der Waals surface area contributed by atoms with E-state index in [1.54, 1.807) is 0 Å². The number of hydrogen-bond donors (Lipinski definition) is 0. The fourth-order valence-electron chi connectivity index (χ4n) is 6.05. The van der Waals surface area contributed by atoms with E-state index in [1.165, 1.54) is 179 Å². The van der Waals surface area contributed by atoms with Gasteiger partial charge in [0.15, 0.2) is 0 Å². The maximum absolute atomic E-state index is 6.48. The summed E-state index contributed by atoms with van der Waals surface area (Å²) in [7, 11) is -1.36. The van der Waals surface area contributed by atoms with E-state index in [-0.39, 0.29) is 0 Å². The number of unbranched alkanes of at least 4 members (excludes halogenated alkanes) is 26. The molecule has 0 saturated heterocycles. The second kappa shape index (κ2) is 34.7. The monoisotopic (exact) mass is 649 g/mol. The number of hydrogen-bond acceptors (Lipinski definition) is 3. The molecule has 4 heteroatoms. The quantitative estimate of drug-likeness (QED) is 0.0535. The molecule has 0 amide bonds. The molecule has 0 aromatic heterocycles. The topological polar surface area (TPSA) is 27.7 Å². The Kier molecular flexibility index (Phi) is 32.7. The zero-order valence-electron chi connectivity index (χ0n) is 30.6. The van der Waals surface area contributed by atoms with Crippen LogP contribution in [0.15, 0.2) is 24.3 Å². The van der Waals surface area contributed by atoms with Gasteiger partial charge in [0.25, 0.3) is 0 Å². The lowest BCUT2D eigenvalue weighted by Crippen LogP contribution is -2.02. The predicted molar refractivity (Wildman–Crippen MR) is 201 cm³/mol. The third-order valence-corrected chi connectivity index (χ3v) is 10.2. The standard InChI is InChI=1S/C41H77O3P/c1-4-7-10-13-16-18-20-22-25-28-33-38-42-45(43-39-34-29-26-23-21-19-17-14-11-8-5-2)44-41-37-32-31-36-40(41)35-30-27-24-15-12-9-6-3/h31-32,36-37H,4-30,33-35,38-39H2,1-3H3. The van der Waals surface area contributed by atoms with Crippen LogP contribution in [0.1, 0.15) is 213 Å². The lowest BCUT2D eigenvalue weighted by atomic mass is 10.0. The van der Waals surface area contributed by atoms with Gasteiger partial charge in [-0.25, -0.2) is 0 Å². The fraction of sp³-hybridized carbons (Fsp3) is 0.854. The Morgan fingerprint density at radius 2 is 0.733 bits per heavy atom. The lowest BCUT2D eigenvalue weighted by molar-refractivity contribution is 0.198. The molecule has 0 radical (unpaired) electrons. The van der Waals surface area contributed by atoms with Crippen LogP contribution >= 0.6 is 8.60 Å². The van der Waals surface area contributed by atoms with Gasteiger partial charge in [-0.05, 0) is 37.3 Å². The highest BCUT2D eigenvalue weighted by molar-refractivity contribution is 7.42. The lowest BCUT2D eigenvalue weighted by Gasteiger charge is -2.19. The fourth-order valence-corrected chi connectivity index (χ4v) is 7.13. The highest BCUT2D eigenvalue weighted by Gasteiger charge is 2.17. The minimum Gasteiger partial charge on any atom is -0.426 e. The van der Waals surface area contributed by atoms with Crippen molar-refractivity contribution in [3.63, 3.8) is 0 Å². The van der Waals surface area contributed by atoms with E-state index in [0.717, 1.165) is 38.2 Å².